The van der Waals surface area contributed by atoms with Crippen LogP contribution in [-0.4, -0.2) is 36.7 Å². The van der Waals surface area contributed by atoms with E-state index in [1.165, 1.54) is 0 Å². The van der Waals surface area contributed by atoms with Gasteiger partial charge in [-0.15, -0.1) is 0 Å². The van der Waals surface area contributed by atoms with Crippen LogP contribution in [0, 0.1) is 0 Å². The molecule has 0 spiro atoms. The second kappa shape index (κ2) is 7.94. The maximum Gasteiger partial charge on any atom is 0.255 e. The zero-order chi connectivity index (χ0) is 18.7. The van der Waals surface area contributed by atoms with Crippen molar-refractivity contribution in [3.8, 4) is 0 Å². The highest BCUT2D eigenvalue weighted by molar-refractivity contribution is 6.43. The van der Waals surface area contributed by atoms with Crippen molar-refractivity contribution in [2.24, 2.45) is 10.7 Å². The van der Waals surface area contributed by atoms with Crippen LogP contribution in [-0.2, 0) is 0 Å². The summed E-state index contributed by atoms with van der Waals surface area (Å²) in [5.41, 5.74) is 10.2. The quantitative estimate of drug-likeness (QED) is 0.835. The molecule has 0 saturated carbocycles. The SMILES string of the molecule is CN=C1CN(C(=O)c2cccc(Cl)c2Cl)CCC1=C(N)c1ccccc1. The second-order valence-corrected chi connectivity index (χ2v) is 6.79. The molecule has 2 aromatic rings. The first kappa shape index (κ1) is 18.5. The molecule has 0 aromatic heterocycles. The molecule has 134 valence electrons. The summed E-state index contributed by atoms with van der Waals surface area (Å²) in [7, 11) is 1.72. The third kappa shape index (κ3) is 3.62. The number of carbonyl (C=O) groups is 1. The Labute approximate surface area is 162 Å². The van der Waals surface area contributed by atoms with Crippen molar-refractivity contribution >= 4 is 40.5 Å². The molecule has 1 amide bonds. The number of nitrogens with zero attached hydrogens (tertiary/aromatic N) is 2. The molecule has 6 heteroatoms. The Balaban J connectivity index is 1.87. The van der Waals surface area contributed by atoms with Crippen LogP contribution >= 0.6 is 23.2 Å². The van der Waals surface area contributed by atoms with Gasteiger partial charge in [0.15, 0.2) is 0 Å². The Hall–Kier alpha value is -2.30. The van der Waals surface area contributed by atoms with E-state index in [0.717, 1.165) is 16.8 Å². The smallest absolute Gasteiger partial charge is 0.255 e. The Morgan fingerprint density at radius 3 is 2.54 bits per heavy atom. The van der Waals surface area contributed by atoms with E-state index in [2.05, 4.69) is 4.99 Å². The minimum atomic E-state index is -0.156. The summed E-state index contributed by atoms with van der Waals surface area (Å²) in [6.07, 6.45) is 0.636. The molecule has 26 heavy (non-hydrogen) atoms. The van der Waals surface area contributed by atoms with Gasteiger partial charge >= 0.3 is 0 Å². The molecule has 0 unspecified atom stereocenters. The lowest BCUT2D eigenvalue weighted by Crippen LogP contribution is -2.42. The molecule has 0 aliphatic carbocycles. The van der Waals surface area contributed by atoms with Gasteiger partial charge in [0.1, 0.15) is 0 Å². The summed E-state index contributed by atoms with van der Waals surface area (Å²) in [5.74, 6) is -0.156. The van der Waals surface area contributed by atoms with Crippen molar-refractivity contribution in [2.75, 3.05) is 20.1 Å². The molecule has 1 fully saturated rings. The fraction of sp³-hybridized carbons (Fsp3) is 0.200. The number of benzene rings is 2. The van der Waals surface area contributed by atoms with Crippen LogP contribution in [0.4, 0.5) is 0 Å². The lowest BCUT2D eigenvalue weighted by atomic mass is 9.95. The highest BCUT2D eigenvalue weighted by Gasteiger charge is 2.27. The standard InChI is InChI=1S/C20H19Cl2N3O/c1-24-17-12-25(20(26)15-8-5-9-16(21)18(15)22)11-10-14(17)19(23)13-6-3-2-4-7-13/h2-9H,10-12,23H2,1H3. The van der Waals surface area contributed by atoms with Crippen molar-refractivity contribution in [1.82, 2.24) is 4.90 Å². The van der Waals surface area contributed by atoms with Gasteiger partial charge in [-0.1, -0.05) is 59.6 Å². The average Bonchev–Trinajstić information content (AvgIpc) is 2.69. The van der Waals surface area contributed by atoms with Crippen molar-refractivity contribution in [3.05, 3.63) is 75.3 Å². The number of piperidine rings is 1. The number of likely N-dealkylation sites (tertiary alicyclic amines) is 1. The Morgan fingerprint density at radius 2 is 1.85 bits per heavy atom. The summed E-state index contributed by atoms with van der Waals surface area (Å²) in [4.78, 5) is 19.0. The molecule has 4 nitrogen and oxygen atoms in total. The fourth-order valence-electron chi connectivity index (χ4n) is 3.05. The Bertz CT molecular complexity index is 891. The zero-order valence-electron chi connectivity index (χ0n) is 14.4. The predicted molar refractivity (Wildman–Crippen MR) is 108 cm³/mol. The summed E-state index contributed by atoms with van der Waals surface area (Å²) >= 11 is 12.2. The first-order valence-corrected chi connectivity index (χ1v) is 9.02. The molecular formula is C20H19Cl2N3O. The third-order valence-electron chi connectivity index (χ3n) is 4.47. The Kier molecular flexibility index (Phi) is 5.64. The highest BCUT2D eigenvalue weighted by Crippen LogP contribution is 2.28. The average molecular weight is 388 g/mol. The van der Waals surface area contributed by atoms with E-state index >= 15 is 0 Å². The number of rotatable bonds is 2. The van der Waals surface area contributed by atoms with Crippen LogP contribution in [0.25, 0.3) is 5.70 Å². The normalized spacial score (nSPS) is 18.1. The number of amides is 1. The van der Waals surface area contributed by atoms with Crippen LogP contribution in [0.1, 0.15) is 22.3 Å². The number of hydrogen-bond donors (Lipinski definition) is 1. The van der Waals surface area contributed by atoms with Gasteiger partial charge in [-0.05, 0) is 24.1 Å². The lowest BCUT2D eigenvalue weighted by molar-refractivity contribution is 0.0776. The molecule has 1 heterocycles. The van der Waals surface area contributed by atoms with Crippen LogP contribution < -0.4 is 5.73 Å². The van der Waals surface area contributed by atoms with Crippen LogP contribution in [0.15, 0.2) is 59.1 Å². The van der Waals surface area contributed by atoms with Gasteiger partial charge < -0.3 is 10.6 Å². The van der Waals surface area contributed by atoms with Gasteiger partial charge in [0.25, 0.3) is 5.91 Å². The number of hydrogen-bond acceptors (Lipinski definition) is 3. The summed E-state index contributed by atoms with van der Waals surface area (Å²) in [6.45, 7) is 0.935. The fourth-order valence-corrected chi connectivity index (χ4v) is 3.43. The summed E-state index contributed by atoms with van der Waals surface area (Å²) in [5, 5.41) is 0.645. The van der Waals surface area contributed by atoms with Crippen LogP contribution in [0.5, 0.6) is 0 Å². The minimum absolute atomic E-state index is 0.156. The predicted octanol–water partition coefficient (Wildman–Crippen LogP) is 4.28. The van der Waals surface area contributed by atoms with Crippen molar-refractivity contribution in [3.63, 3.8) is 0 Å². The van der Waals surface area contributed by atoms with Crippen molar-refractivity contribution in [1.29, 1.82) is 0 Å². The molecule has 1 aliphatic heterocycles. The maximum atomic E-state index is 12.9. The van der Waals surface area contributed by atoms with Crippen LogP contribution in [0.2, 0.25) is 10.0 Å². The monoisotopic (exact) mass is 387 g/mol. The minimum Gasteiger partial charge on any atom is -0.398 e. The third-order valence-corrected chi connectivity index (χ3v) is 5.29. The van der Waals surface area contributed by atoms with E-state index in [1.54, 1.807) is 30.1 Å². The number of halogens is 2. The topological polar surface area (TPSA) is 58.7 Å². The second-order valence-electron chi connectivity index (χ2n) is 6.01. The molecule has 1 saturated heterocycles. The van der Waals surface area contributed by atoms with Crippen molar-refractivity contribution < 1.29 is 4.79 Å². The van der Waals surface area contributed by atoms with Crippen LogP contribution in [0.3, 0.4) is 0 Å². The number of carbonyl (C=O) groups excluding carboxylic acids is 1. The molecule has 0 radical (unpaired) electrons. The molecule has 2 aromatic carbocycles. The largest absolute Gasteiger partial charge is 0.398 e. The Morgan fingerprint density at radius 1 is 1.12 bits per heavy atom. The van der Waals surface area contributed by atoms with Gasteiger partial charge in [0, 0.05) is 24.9 Å². The van der Waals surface area contributed by atoms with E-state index in [-0.39, 0.29) is 10.9 Å². The van der Waals surface area contributed by atoms with Gasteiger partial charge in [-0.25, -0.2) is 0 Å². The summed E-state index contributed by atoms with van der Waals surface area (Å²) in [6, 6.07) is 14.9. The van der Waals surface area contributed by atoms with E-state index in [9.17, 15) is 4.79 Å². The van der Waals surface area contributed by atoms with Gasteiger partial charge in [-0.3, -0.25) is 9.79 Å². The highest BCUT2D eigenvalue weighted by atomic mass is 35.5. The van der Waals surface area contributed by atoms with Gasteiger partial charge in [0.05, 0.1) is 27.9 Å². The van der Waals surface area contributed by atoms with E-state index < -0.39 is 0 Å². The van der Waals surface area contributed by atoms with Crippen molar-refractivity contribution in [2.45, 2.75) is 6.42 Å². The molecule has 3 rings (SSSR count). The first-order valence-electron chi connectivity index (χ1n) is 8.26. The number of nitrogens with two attached hydrogens (primary N) is 1. The maximum absolute atomic E-state index is 12.9. The number of aliphatic imine (C=N–C) groups is 1. The molecule has 0 atom stereocenters. The van der Waals surface area contributed by atoms with E-state index in [0.29, 0.717) is 35.8 Å². The molecule has 1 aliphatic rings. The molecule has 0 bridgehead atoms. The molecule has 2 N–H and O–H groups in total. The lowest BCUT2D eigenvalue weighted by Gasteiger charge is -2.31. The summed E-state index contributed by atoms with van der Waals surface area (Å²) < 4.78 is 0. The van der Waals surface area contributed by atoms with E-state index in [1.807, 2.05) is 30.3 Å². The zero-order valence-corrected chi connectivity index (χ0v) is 15.9. The molecular weight excluding hydrogens is 369 g/mol. The van der Waals surface area contributed by atoms with Gasteiger partial charge in [0.2, 0.25) is 0 Å². The first-order chi connectivity index (χ1) is 12.5. The van der Waals surface area contributed by atoms with Gasteiger partial charge in [-0.2, -0.15) is 0 Å². The van der Waals surface area contributed by atoms with E-state index in [4.69, 9.17) is 28.9 Å².